The summed E-state index contributed by atoms with van der Waals surface area (Å²) in [6, 6.07) is 17.7. The molecule has 0 saturated carbocycles. The first kappa shape index (κ1) is 17.8. The zero-order chi connectivity index (χ0) is 17.5. The van der Waals surface area contributed by atoms with E-state index in [1.54, 1.807) is 0 Å². The van der Waals surface area contributed by atoms with Crippen LogP contribution in [0.1, 0.15) is 77.6 Å². The Labute approximate surface area is 143 Å². The third-order valence-corrected chi connectivity index (χ3v) is 4.79. The Morgan fingerprint density at radius 2 is 1.04 bits per heavy atom. The molecule has 0 radical (unpaired) electrons. The molecule has 0 aliphatic rings. The third-order valence-electron chi connectivity index (χ3n) is 4.79. The largest absolute Gasteiger partial charge is 0.0622 e. The summed E-state index contributed by atoms with van der Waals surface area (Å²) < 4.78 is 0. The van der Waals surface area contributed by atoms with Gasteiger partial charge in [0.2, 0.25) is 0 Å². The third kappa shape index (κ3) is 3.52. The van der Waals surface area contributed by atoms with Gasteiger partial charge in [0.1, 0.15) is 0 Å². The van der Waals surface area contributed by atoms with Crippen LogP contribution in [0.4, 0.5) is 0 Å². The second-order valence-electron chi connectivity index (χ2n) is 9.22. The van der Waals surface area contributed by atoms with Crippen molar-refractivity contribution >= 4 is 0 Å². The number of rotatable bonds is 2. The first-order chi connectivity index (χ1) is 10.5. The molecule has 2 aromatic rings. The molecule has 0 amide bonds. The highest BCUT2D eigenvalue weighted by atomic mass is 14.4. The Morgan fingerprint density at radius 3 is 1.52 bits per heavy atom. The van der Waals surface area contributed by atoms with Crippen molar-refractivity contribution in [3.8, 4) is 0 Å². The topological polar surface area (TPSA) is 0 Å². The number of hydrogen-bond donors (Lipinski definition) is 0. The summed E-state index contributed by atoms with van der Waals surface area (Å²) in [5, 5.41) is 0. The van der Waals surface area contributed by atoms with Crippen LogP contribution in [0.5, 0.6) is 0 Å². The molecule has 0 spiro atoms. The van der Waals surface area contributed by atoms with E-state index in [-0.39, 0.29) is 16.2 Å². The van der Waals surface area contributed by atoms with E-state index in [9.17, 15) is 0 Å². The first-order valence-electron chi connectivity index (χ1n) is 8.65. The van der Waals surface area contributed by atoms with Gasteiger partial charge in [0.15, 0.2) is 0 Å². The Kier molecular flexibility index (Phi) is 4.50. The van der Waals surface area contributed by atoms with Gasteiger partial charge in [0, 0.05) is 5.41 Å². The van der Waals surface area contributed by atoms with E-state index in [0.29, 0.717) is 0 Å². The van der Waals surface area contributed by atoms with E-state index in [1.165, 1.54) is 22.3 Å². The fourth-order valence-corrected chi connectivity index (χ4v) is 3.52. The molecule has 124 valence electrons. The molecule has 0 aliphatic heterocycles. The highest BCUT2D eigenvalue weighted by Gasteiger charge is 2.33. The maximum Gasteiger partial charge on any atom is 0.0149 e. The van der Waals surface area contributed by atoms with Gasteiger partial charge in [-0.25, -0.2) is 0 Å². The summed E-state index contributed by atoms with van der Waals surface area (Å²) in [6.07, 6.45) is 0. The quantitative estimate of drug-likeness (QED) is 0.585. The molecule has 0 aromatic heterocycles. The van der Waals surface area contributed by atoms with E-state index >= 15 is 0 Å². The second kappa shape index (κ2) is 5.82. The summed E-state index contributed by atoms with van der Waals surface area (Å²) in [5.74, 6) is 0. The van der Waals surface area contributed by atoms with E-state index in [0.717, 1.165) is 0 Å². The van der Waals surface area contributed by atoms with Crippen LogP contribution in [0.25, 0.3) is 0 Å². The normalized spacial score (nSPS) is 13.2. The zero-order valence-electron chi connectivity index (χ0n) is 16.1. The van der Waals surface area contributed by atoms with Crippen LogP contribution in [0.3, 0.4) is 0 Å². The van der Waals surface area contributed by atoms with Gasteiger partial charge < -0.3 is 0 Å². The minimum Gasteiger partial charge on any atom is -0.0622 e. The standard InChI is InChI=1S/C23H32/c1-21(2,3)18-15-12-16-19(20(18)22(4,5)6)23(7,8)17-13-10-9-11-14-17/h9-16H,1-8H3. The Hall–Kier alpha value is -1.56. The van der Waals surface area contributed by atoms with Crippen LogP contribution in [0.15, 0.2) is 48.5 Å². The maximum atomic E-state index is 2.35. The average Bonchev–Trinajstić information content (AvgIpc) is 2.45. The molecule has 23 heavy (non-hydrogen) atoms. The predicted molar refractivity (Wildman–Crippen MR) is 102 cm³/mol. The van der Waals surface area contributed by atoms with E-state index in [2.05, 4.69) is 104 Å². The number of benzene rings is 2. The highest BCUT2D eigenvalue weighted by molar-refractivity contribution is 5.50. The molecule has 0 heteroatoms. The Bertz CT molecular complexity index is 661. The van der Waals surface area contributed by atoms with Crippen molar-refractivity contribution < 1.29 is 0 Å². The van der Waals surface area contributed by atoms with Crippen molar-refractivity contribution in [3.05, 3.63) is 70.8 Å². The van der Waals surface area contributed by atoms with Gasteiger partial charge in [-0.3, -0.25) is 0 Å². The molecular formula is C23H32. The van der Waals surface area contributed by atoms with Crippen molar-refractivity contribution in [1.82, 2.24) is 0 Å². The van der Waals surface area contributed by atoms with Crippen LogP contribution in [0, 0.1) is 0 Å². The molecule has 2 aromatic carbocycles. The molecule has 0 atom stereocenters. The monoisotopic (exact) mass is 308 g/mol. The Balaban J connectivity index is 2.78. The fraction of sp³-hybridized carbons (Fsp3) is 0.478. The van der Waals surface area contributed by atoms with E-state index < -0.39 is 0 Å². The van der Waals surface area contributed by atoms with Crippen LogP contribution < -0.4 is 0 Å². The van der Waals surface area contributed by atoms with E-state index in [1.807, 2.05) is 0 Å². The molecule has 2 rings (SSSR count). The predicted octanol–water partition coefficient (Wildman–Crippen LogP) is 6.61. The van der Waals surface area contributed by atoms with Gasteiger partial charge >= 0.3 is 0 Å². The van der Waals surface area contributed by atoms with Gasteiger partial charge in [-0.05, 0) is 33.1 Å². The van der Waals surface area contributed by atoms with Gasteiger partial charge in [-0.1, -0.05) is 104 Å². The summed E-state index contributed by atoms with van der Waals surface area (Å²) in [7, 11) is 0. The second-order valence-corrected chi connectivity index (χ2v) is 9.22. The molecule has 0 aliphatic carbocycles. The molecule has 0 bridgehead atoms. The zero-order valence-corrected chi connectivity index (χ0v) is 16.1. The molecule has 0 nitrogen and oxygen atoms in total. The summed E-state index contributed by atoms with van der Waals surface area (Å²) in [4.78, 5) is 0. The minimum atomic E-state index is -0.00880. The van der Waals surface area contributed by atoms with Gasteiger partial charge in [-0.2, -0.15) is 0 Å². The van der Waals surface area contributed by atoms with Crippen molar-refractivity contribution in [3.63, 3.8) is 0 Å². The van der Waals surface area contributed by atoms with Gasteiger partial charge in [-0.15, -0.1) is 0 Å². The summed E-state index contributed by atoms with van der Waals surface area (Å²) in [5.41, 5.74) is 6.04. The SMILES string of the molecule is CC(C)(C)c1cccc(C(C)(C)c2ccccc2)c1C(C)(C)C. The van der Waals surface area contributed by atoms with Crippen molar-refractivity contribution in [2.75, 3.05) is 0 Å². The van der Waals surface area contributed by atoms with Crippen molar-refractivity contribution in [2.24, 2.45) is 0 Å². The van der Waals surface area contributed by atoms with Crippen molar-refractivity contribution in [1.29, 1.82) is 0 Å². The summed E-state index contributed by atoms with van der Waals surface area (Å²) in [6.45, 7) is 18.6. The molecule has 0 unspecified atom stereocenters. The van der Waals surface area contributed by atoms with E-state index in [4.69, 9.17) is 0 Å². The highest BCUT2D eigenvalue weighted by Crippen LogP contribution is 2.42. The first-order valence-corrected chi connectivity index (χ1v) is 8.65. The lowest BCUT2D eigenvalue weighted by atomic mass is 9.66. The lowest BCUT2D eigenvalue weighted by Crippen LogP contribution is -2.29. The lowest BCUT2D eigenvalue weighted by molar-refractivity contribution is 0.507. The van der Waals surface area contributed by atoms with Gasteiger partial charge in [0.05, 0.1) is 0 Å². The lowest BCUT2D eigenvalue weighted by Gasteiger charge is -2.38. The maximum absolute atomic E-state index is 2.35. The van der Waals surface area contributed by atoms with Crippen molar-refractivity contribution in [2.45, 2.75) is 71.6 Å². The van der Waals surface area contributed by atoms with Crippen LogP contribution in [-0.4, -0.2) is 0 Å². The molecule has 0 N–H and O–H groups in total. The van der Waals surface area contributed by atoms with Crippen LogP contribution in [-0.2, 0) is 16.2 Å². The number of hydrogen-bond acceptors (Lipinski definition) is 0. The fourth-order valence-electron chi connectivity index (χ4n) is 3.52. The molecule has 0 saturated heterocycles. The smallest absolute Gasteiger partial charge is 0.0149 e. The molecular weight excluding hydrogens is 276 g/mol. The van der Waals surface area contributed by atoms with Crippen LogP contribution >= 0.6 is 0 Å². The minimum absolute atomic E-state index is 0.00880. The van der Waals surface area contributed by atoms with Gasteiger partial charge in [0.25, 0.3) is 0 Å². The van der Waals surface area contributed by atoms with Crippen LogP contribution in [0.2, 0.25) is 0 Å². The molecule has 0 fully saturated rings. The average molecular weight is 309 g/mol. The molecule has 0 heterocycles. The Morgan fingerprint density at radius 1 is 0.522 bits per heavy atom. The summed E-state index contributed by atoms with van der Waals surface area (Å²) >= 11 is 0.